The Labute approximate surface area is 137 Å². The van der Waals surface area contributed by atoms with Crippen molar-refractivity contribution in [2.45, 2.75) is 39.2 Å². The molecule has 0 unspecified atom stereocenters. The van der Waals surface area contributed by atoms with Crippen LogP contribution in [0, 0.1) is 16.0 Å². The van der Waals surface area contributed by atoms with E-state index in [1.54, 1.807) is 6.07 Å². The van der Waals surface area contributed by atoms with Crippen molar-refractivity contribution >= 4 is 17.1 Å². The molecule has 23 heavy (non-hydrogen) atoms. The number of nitro groups is 1. The minimum atomic E-state index is -0.269. The van der Waals surface area contributed by atoms with E-state index in [-0.39, 0.29) is 10.6 Å². The number of benzene rings is 1. The Bertz CT molecular complexity index is 580. The van der Waals surface area contributed by atoms with Crippen LogP contribution < -0.4 is 10.6 Å². The molecule has 0 spiro atoms. The molecule has 2 aliphatic heterocycles. The average Bonchev–Trinajstić information content (AvgIpc) is 2.97. The Morgan fingerprint density at radius 1 is 1.39 bits per heavy atom. The second kappa shape index (κ2) is 6.74. The zero-order valence-electron chi connectivity index (χ0n) is 14.0. The van der Waals surface area contributed by atoms with Crippen LogP contribution in [0.4, 0.5) is 17.1 Å². The molecule has 1 fully saturated rings. The number of nitro benzene ring substituents is 1. The number of fused-ring (bicyclic) bond motifs is 1. The summed E-state index contributed by atoms with van der Waals surface area (Å²) >= 11 is 0. The van der Waals surface area contributed by atoms with Gasteiger partial charge in [0.15, 0.2) is 0 Å². The number of hydrogen-bond donors (Lipinski definition) is 2. The summed E-state index contributed by atoms with van der Waals surface area (Å²) < 4.78 is 0. The lowest BCUT2D eigenvalue weighted by Crippen LogP contribution is -2.40. The standard InChI is InChI=1S/C17H26N4O2/c1-12(2)11-20-9-6-13(7-10-20)19-17-14-5-8-18-15(14)3-4-16(17)21(22)23/h3-4,12-13,18-19H,5-11H2,1-2H3. The minimum Gasteiger partial charge on any atom is -0.384 e. The van der Waals surface area contributed by atoms with Gasteiger partial charge in [0, 0.05) is 49.5 Å². The zero-order valence-corrected chi connectivity index (χ0v) is 14.0. The van der Waals surface area contributed by atoms with Crippen LogP contribution in [0.25, 0.3) is 0 Å². The fourth-order valence-electron chi connectivity index (χ4n) is 3.68. The summed E-state index contributed by atoms with van der Waals surface area (Å²) in [5.74, 6) is 0.684. The summed E-state index contributed by atoms with van der Waals surface area (Å²) in [6, 6.07) is 3.77. The van der Waals surface area contributed by atoms with Gasteiger partial charge in [-0.05, 0) is 31.2 Å². The third kappa shape index (κ3) is 3.58. The highest BCUT2D eigenvalue weighted by Gasteiger charge is 2.27. The summed E-state index contributed by atoms with van der Waals surface area (Å²) in [6.07, 6.45) is 2.94. The van der Waals surface area contributed by atoms with E-state index in [4.69, 9.17) is 0 Å². The second-order valence-corrected chi connectivity index (χ2v) is 7.03. The average molecular weight is 318 g/mol. The fourth-order valence-corrected chi connectivity index (χ4v) is 3.68. The molecule has 1 aromatic carbocycles. The van der Waals surface area contributed by atoms with Crippen molar-refractivity contribution in [1.82, 2.24) is 4.90 Å². The van der Waals surface area contributed by atoms with Gasteiger partial charge < -0.3 is 15.5 Å². The smallest absolute Gasteiger partial charge is 0.292 e. The van der Waals surface area contributed by atoms with Gasteiger partial charge in [-0.15, -0.1) is 0 Å². The number of rotatable bonds is 5. The van der Waals surface area contributed by atoms with Crippen molar-refractivity contribution in [2.75, 3.05) is 36.8 Å². The maximum atomic E-state index is 11.4. The fraction of sp³-hybridized carbons (Fsp3) is 0.647. The zero-order chi connectivity index (χ0) is 16.4. The first-order valence-electron chi connectivity index (χ1n) is 8.57. The maximum absolute atomic E-state index is 11.4. The molecule has 6 heteroatoms. The van der Waals surface area contributed by atoms with E-state index >= 15 is 0 Å². The Morgan fingerprint density at radius 3 is 2.78 bits per heavy atom. The summed E-state index contributed by atoms with van der Waals surface area (Å²) in [5, 5.41) is 18.2. The SMILES string of the molecule is CC(C)CN1CCC(Nc2c([N+](=O)[O-])ccc3c2CCN3)CC1. The van der Waals surface area contributed by atoms with Crippen LogP contribution in [0.5, 0.6) is 0 Å². The van der Waals surface area contributed by atoms with Crippen LogP contribution in [-0.4, -0.2) is 42.0 Å². The first kappa shape index (κ1) is 16.1. The van der Waals surface area contributed by atoms with Crippen molar-refractivity contribution in [3.63, 3.8) is 0 Å². The lowest BCUT2D eigenvalue weighted by Gasteiger charge is -2.34. The molecular formula is C17H26N4O2. The largest absolute Gasteiger partial charge is 0.384 e. The molecule has 0 radical (unpaired) electrons. The predicted molar refractivity (Wildman–Crippen MR) is 93.2 cm³/mol. The highest BCUT2D eigenvalue weighted by Crippen LogP contribution is 2.38. The lowest BCUT2D eigenvalue weighted by molar-refractivity contribution is -0.384. The number of nitrogens with zero attached hydrogens (tertiary/aromatic N) is 2. The molecule has 2 heterocycles. The Balaban J connectivity index is 1.71. The Hall–Kier alpha value is -1.82. The van der Waals surface area contributed by atoms with E-state index in [9.17, 15) is 10.1 Å². The molecule has 0 aliphatic carbocycles. The molecule has 1 aromatic rings. The molecular weight excluding hydrogens is 292 g/mol. The van der Waals surface area contributed by atoms with Gasteiger partial charge in [0.05, 0.1) is 4.92 Å². The summed E-state index contributed by atoms with van der Waals surface area (Å²) in [5.41, 5.74) is 3.05. The molecule has 0 saturated carbocycles. The number of nitrogens with one attached hydrogen (secondary N) is 2. The number of hydrogen-bond acceptors (Lipinski definition) is 5. The first-order valence-corrected chi connectivity index (χ1v) is 8.57. The molecule has 2 N–H and O–H groups in total. The van der Waals surface area contributed by atoms with E-state index in [0.29, 0.717) is 12.0 Å². The van der Waals surface area contributed by atoms with Crippen LogP contribution >= 0.6 is 0 Å². The van der Waals surface area contributed by atoms with Gasteiger partial charge in [-0.2, -0.15) is 0 Å². The molecule has 3 rings (SSSR count). The van der Waals surface area contributed by atoms with Gasteiger partial charge in [0.25, 0.3) is 5.69 Å². The van der Waals surface area contributed by atoms with E-state index in [0.717, 1.165) is 62.4 Å². The molecule has 0 atom stereocenters. The van der Waals surface area contributed by atoms with Gasteiger partial charge in [-0.3, -0.25) is 10.1 Å². The molecule has 6 nitrogen and oxygen atoms in total. The van der Waals surface area contributed by atoms with Crippen molar-refractivity contribution in [3.8, 4) is 0 Å². The van der Waals surface area contributed by atoms with Crippen molar-refractivity contribution in [1.29, 1.82) is 0 Å². The molecule has 0 amide bonds. The molecule has 126 valence electrons. The van der Waals surface area contributed by atoms with Crippen molar-refractivity contribution < 1.29 is 4.92 Å². The Morgan fingerprint density at radius 2 is 2.13 bits per heavy atom. The quantitative estimate of drug-likeness (QED) is 0.645. The summed E-state index contributed by atoms with van der Waals surface area (Å²) in [7, 11) is 0. The second-order valence-electron chi connectivity index (χ2n) is 7.03. The summed E-state index contributed by atoms with van der Waals surface area (Å²) in [4.78, 5) is 13.6. The van der Waals surface area contributed by atoms with E-state index in [1.807, 2.05) is 6.07 Å². The number of anilines is 2. The predicted octanol–water partition coefficient (Wildman–Crippen LogP) is 3.10. The van der Waals surface area contributed by atoms with Gasteiger partial charge in [-0.1, -0.05) is 13.8 Å². The van der Waals surface area contributed by atoms with Gasteiger partial charge in [-0.25, -0.2) is 0 Å². The van der Waals surface area contributed by atoms with E-state index < -0.39 is 0 Å². The molecule has 0 bridgehead atoms. The third-order valence-electron chi connectivity index (χ3n) is 4.74. The van der Waals surface area contributed by atoms with Crippen LogP contribution in [-0.2, 0) is 6.42 Å². The first-order chi connectivity index (χ1) is 11.0. The van der Waals surface area contributed by atoms with Gasteiger partial charge >= 0.3 is 0 Å². The van der Waals surface area contributed by atoms with Crippen molar-refractivity contribution in [3.05, 3.63) is 27.8 Å². The highest BCUT2D eigenvalue weighted by molar-refractivity contribution is 5.77. The van der Waals surface area contributed by atoms with Crippen molar-refractivity contribution in [2.24, 2.45) is 5.92 Å². The van der Waals surface area contributed by atoms with Crippen LogP contribution in [0.15, 0.2) is 12.1 Å². The molecule has 0 aromatic heterocycles. The maximum Gasteiger partial charge on any atom is 0.292 e. The Kier molecular flexibility index (Phi) is 4.71. The van der Waals surface area contributed by atoms with Crippen LogP contribution in [0.2, 0.25) is 0 Å². The van der Waals surface area contributed by atoms with E-state index in [1.165, 1.54) is 0 Å². The topological polar surface area (TPSA) is 70.4 Å². The van der Waals surface area contributed by atoms with Gasteiger partial charge in [0.1, 0.15) is 5.69 Å². The number of piperidine rings is 1. The molecule has 2 aliphatic rings. The normalized spacial score (nSPS) is 18.7. The summed E-state index contributed by atoms with van der Waals surface area (Å²) in [6.45, 7) is 8.62. The number of likely N-dealkylation sites (tertiary alicyclic amines) is 1. The monoisotopic (exact) mass is 318 g/mol. The van der Waals surface area contributed by atoms with Gasteiger partial charge in [0.2, 0.25) is 0 Å². The highest BCUT2D eigenvalue weighted by atomic mass is 16.6. The van der Waals surface area contributed by atoms with E-state index in [2.05, 4.69) is 29.4 Å². The third-order valence-corrected chi connectivity index (χ3v) is 4.74. The van der Waals surface area contributed by atoms with Crippen LogP contribution in [0.1, 0.15) is 32.3 Å². The molecule has 1 saturated heterocycles. The van der Waals surface area contributed by atoms with Crippen LogP contribution in [0.3, 0.4) is 0 Å². The minimum absolute atomic E-state index is 0.206. The lowest BCUT2D eigenvalue weighted by atomic mass is 10.0.